The number of amides is 1. The second-order valence-corrected chi connectivity index (χ2v) is 6.77. The maximum Gasteiger partial charge on any atom is 0.255 e. The zero-order valence-electron chi connectivity index (χ0n) is 16.5. The quantitative estimate of drug-likeness (QED) is 0.615. The molecule has 0 spiro atoms. The van der Waals surface area contributed by atoms with Gasteiger partial charge in [0.2, 0.25) is 0 Å². The Morgan fingerprint density at radius 2 is 1.70 bits per heavy atom. The lowest BCUT2D eigenvalue weighted by molar-refractivity contribution is 0.0948. The summed E-state index contributed by atoms with van der Waals surface area (Å²) in [6, 6.07) is 15.4. The molecule has 0 unspecified atom stereocenters. The number of aryl methyl sites for hydroxylation is 1. The number of para-hydroxylation sites is 1. The molecular weight excluding hydrogens is 340 g/mol. The second kappa shape index (κ2) is 11.2. The van der Waals surface area contributed by atoms with Crippen molar-refractivity contribution in [2.75, 3.05) is 40.4 Å². The van der Waals surface area contributed by atoms with Crippen LogP contribution >= 0.6 is 0 Å². The number of nitrogens with one attached hydrogen (secondary N) is 1. The molecule has 2 aromatic carbocycles. The maximum absolute atomic E-state index is 12.4. The van der Waals surface area contributed by atoms with Gasteiger partial charge in [0.25, 0.3) is 5.91 Å². The molecule has 27 heavy (non-hydrogen) atoms. The Balaban J connectivity index is 1.68. The number of carbonyl (C=O) groups excluding carboxylic acids is 1. The van der Waals surface area contributed by atoms with Crippen molar-refractivity contribution in [1.82, 2.24) is 10.2 Å². The number of rotatable bonds is 11. The number of benzene rings is 2. The molecule has 0 bridgehead atoms. The number of hydrogen-bond donors (Lipinski definition) is 1. The highest BCUT2D eigenvalue weighted by Crippen LogP contribution is 2.17. The molecule has 5 nitrogen and oxygen atoms in total. The van der Waals surface area contributed by atoms with Crippen LogP contribution in [-0.4, -0.2) is 51.2 Å². The highest BCUT2D eigenvalue weighted by molar-refractivity contribution is 5.96. The van der Waals surface area contributed by atoms with Crippen molar-refractivity contribution in [2.45, 2.75) is 19.8 Å². The van der Waals surface area contributed by atoms with Crippen molar-refractivity contribution < 1.29 is 14.3 Å². The van der Waals surface area contributed by atoms with Crippen LogP contribution in [0.4, 0.5) is 0 Å². The molecule has 0 aliphatic rings. The summed E-state index contributed by atoms with van der Waals surface area (Å²) in [5.74, 6) is 1.41. The first-order valence-corrected chi connectivity index (χ1v) is 9.40. The summed E-state index contributed by atoms with van der Waals surface area (Å²) in [6.07, 6.45) is 1.75. The van der Waals surface area contributed by atoms with Crippen LogP contribution in [0.25, 0.3) is 0 Å². The third kappa shape index (κ3) is 7.71. The number of unbranched alkanes of at least 4 members (excludes halogenated alkanes) is 1. The molecule has 5 heteroatoms. The van der Waals surface area contributed by atoms with Gasteiger partial charge in [-0.25, -0.2) is 0 Å². The standard InChI is InChI=1S/C22H30N2O3/c1-18-10-12-19(13-11-18)26-16-7-6-14-23-22(25)20-8-4-5-9-21(20)27-17-15-24(2)3/h4-5,8-13H,6-7,14-17H2,1-3H3,(H,23,25). The van der Waals surface area contributed by atoms with Crippen molar-refractivity contribution in [3.8, 4) is 11.5 Å². The Bertz CT molecular complexity index is 699. The number of hydrogen-bond acceptors (Lipinski definition) is 4. The molecule has 0 aliphatic heterocycles. The molecule has 146 valence electrons. The molecule has 0 radical (unpaired) electrons. The minimum Gasteiger partial charge on any atom is -0.494 e. The summed E-state index contributed by atoms with van der Waals surface area (Å²) < 4.78 is 11.4. The van der Waals surface area contributed by atoms with Crippen LogP contribution in [0.5, 0.6) is 11.5 Å². The van der Waals surface area contributed by atoms with E-state index in [1.807, 2.05) is 61.5 Å². The molecular formula is C22H30N2O3. The highest BCUT2D eigenvalue weighted by Gasteiger charge is 2.11. The largest absolute Gasteiger partial charge is 0.494 e. The Kier molecular flexibility index (Phi) is 8.65. The van der Waals surface area contributed by atoms with Crippen molar-refractivity contribution >= 4 is 5.91 Å². The van der Waals surface area contributed by atoms with Gasteiger partial charge >= 0.3 is 0 Å². The van der Waals surface area contributed by atoms with E-state index in [-0.39, 0.29) is 5.91 Å². The van der Waals surface area contributed by atoms with E-state index in [0.29, 0.717) is 31.1 Å². The molecule has 0 saturated heterocycles. The van der Waals surface area contributed by atoms with Crippen molar-refractivity contribution in [1.29, 1.82) is 0 Å². The lowest BCUT2D eigenvalue weighted by Crippen LogP contribution is -2.26. The molecule has 2 aromatic rings. The Morgan fingerprint density at radius 1 is 0.963 bits per heavy atom. The van der Waals surface area contributed by atoms with E-state index in [1.54, 1.807) is 6.07 Å². The van der Waals surface area contributed by atoms with Gasteiger partial charge in [-0.3, -0.25) is 4.79 Å². The summed E-state index contributed by atoms with van der Waals surface area (Å²) in [5.41, 5.74) is 1.79. The fraction of sp³-hybridized carbons (Fsp3) is 0.409. The maximum atomic E-state index is 12.4. The number of carbonyl (C=O) groups is 1. The first-order valence-electron chi connectivity index (χ1n) is 9.40. The Labute approximate surface area is 162 Å². The SMILES string of the molecule is Cc1ccc(OCCCCNC(=O)c2ccccc2OCCN(C)C)cc1. The van der Waals surface area contributed by atoms with E-state index < -0.39 is 0 Å². The molecule has 2 rings (SSSR count). The van der Waals surface area contributed by atoms with E-state index >= 15 is 0 Å². The van der Waals surface area contributed by atoms with E-state index in [0.717, 1.165) is 25.1 Å². The smallest absolute Gasteiger partial charge is 0.255 e. The van der Waals surface area contributed by atoms with Crippen LogP contribution in [0, 0.1) is 6.92 Å². The van der Waals surface area contributed by atoms with Crippen LogP contribution in [-0.2, 0) is 0 Å². The van der Waals surface area contributed by atoms with Gasteiger partial charge in [-0.15, -0.1) is 0 Å². The van der Waals surface area contributed by atoms with Crippen LogP contribution in [0.1, 0.15) is 28.8 Å². The Morgan fingerprint density at radius 3 is 2.44 bits per heavy atom. The molecule has 0 heterocycles. The first-order chi connectivity index (χ1) is 13.1. The summed E-state index contributed by atoms with van der Waals surface area (Å²) in [6.45, 7) is 4.66. The summed E-state index contributed by atoms with van der Waals surface area (Å²) in [5, 5.41) is 2.96. The van der Waals surface area contributed by atoms with Gasteiger partial charge in [0, 0.05) is 13.1 Å². The zero-order chi connectivity index (χ0) is 19.5. The predicted octanol–water partition coefficient (Wildman–Crippen LogP) is 3.52. The van der Waals surface area contributed by atoms with Crippen LogP contribution < -0.4 is 14.8 Å². The third-order valence-corrected chi connectivity index (χ3v) is 4.07. The van der Waals surface area contributed by atoms with Gasteiger partial charge in [-0.05, 0) is 58.1 Å². The average Bonchev–Trinajstić information content (AvgIpc) is 2.66. The first kappa shape index (κ1) is 20.8. The van der Waals surface area contributed by atoms with Gasteiger partial charge in [0.15, 0.2) is 0 Å². The molecule has 1 N–H and O–H groups in total. The minimum absolute atomic E-state index is 0.102. The highest BCUT2D eigenvalue weighted by atomic mass is 16.5. The monoisotopic (exact) mass is 370 g/mol. The zero-order valence-corrected chi connectivity index (χ0v) is 16.5. The number of nitrogens with zero attached hydrogens (tertiary/aromatic N) is 1. The average molecular weight is 370 g/mol. The molecule has 0 saturated carbocycles. The van der Waals surface area contributed by atoms with Crippen LogP contribution in [0.2, 0.25) is 0 Å². The van der Waals surface area contributed by atoms with E-state index in [1.165, 1.54) is 5.56 Å². The predicted molar refractivity (Wildman–Crippen MR) is 109 cm³/mol. The molecule has 0 aliphatic carbocycles. The topological polar surface area (TPSA) is 50.8 Å². The van der Waals surface area contributed by atoms with Gasteiger partial charge < -0.3 is 19.7 Å². The van der Waals surface area contributed by atoms with Gasteiger partial charge in [-0.2, -0.15) is 0 Å². The fourth-order valence-corrected chi connectivity index (χ4v) is 2.47. The lowest BCUT2D eigenvalue weighted by atomic mass is 10.2. The summed E-state index contributed by atoms with van der Waals surface area (Å²) in [7, 11) is 3.98. The minimum atomic E-state index is -0.102. The fourth-order valence-electron chi connectivity index (χ4n) is 2.47. The van der Waals surface area contributed by atoms with Gasteiger partial charge in [0.05, 0.1) is 12.2 Å². The van der Waals surface area contributed by atoms with E-state index in [2.05, 4.69) is 12.2 Å². The molecule has 0 fully saturated rings. The van der Waals surface area contributed by atoms with Crippen LogP contribution in [0.3, 0.4) is 0 Å². The van der Waals surface area contributed by atoms with E-state index in [4.69, 9.17) is 9.47 Å². The van der Waals surface area contributed by atoms with Gasteiger partial charge in [0.1, 0.15) is 18.1 Å². The normalized spacial score (nSPS) is 10.7. The second-order valence-electron chi connectivity index (χ2n) is 6.77. The molecule has 0 aromatic heterocycles. The van der Waals surface area contributed by atoms with Gasteiger partial charge in [-0.1, -0.05) is 29.8 Å². The molecule has 0 atom stereocenters. The van der Waals surface area contributed by atoms with Crippen molar-refractivity contribution in [3.05, 3.63) is 59.7 Å². The van der Waals surface area contributed by atoms with Crippen LogP contribution in [0.15, 0.2) is 48.5 Å². The number of ether oxygens (including phenoxy) is 2. The third-order valence-electron chi connectivity index (χ3n) is 4.07. The number of likely N-dealkylation sites (N-methyl/N-ethyl adjacent to an activating group) is 1. The van der Waals surface area contributed by atoms with Crippen molar-refractivity contribution in [3.63, 3.8) is 0 Å². The molecule has 1 amide bonds. The Hall–Kier alpha value is -2.53. The summed E-state index contributed by atoms with van der Waals surface area (Å²) >= 11 is 0. The lowest BCUT2D eigenvalue weighted by Gasteiger charge is -2.14. The summed E-state index contributed by atoms with van der Waals surface area (Å²) in [4.78, 5) is 14.5. The van der Waals surface area contributed by atoms with Crippen molar-refractivity contribution in [2.24, 2.45) is 0 Å². The van der Waals surface area contributed by atoms with E-state index in [9.17, 15) is 4.79 Å².